The van der Waals surface area contributed by atoms with Gasteiger partial charge in [0.25, 0.3) is 0 Å². The van der Waals surface area contributed by atoms with Crippen molar-refractivity contribution in [2.24, 2.45) is 5.92 Å². The molecule has 0 aliphatic carbocycles. The van der Waals surface area contributed by atoms with Crippen molar-refractivity contribution in [3.63, 3.8) is 0 Å². The van der Waals surface area contributed by atoms with Gasteiger partial charge in [0.1, 0.15) is 0 Å². The van der Waals surface area contributed by atoms with Crippen molar-refractivity contribution < 1.29 is 5.11 Å². The summed E-state index contributed by atoms with van der Waals surface area (Å²) < 4.78 is 0. The number of aliphatic hydroxyl groups excluding tert-OH is 1. The van der Waals surface area contributed by atoms with E-state index in [0.717, 1.165) is 31.9 Å². The Kier molecular flexibility index (Phi) is 3.61. The molecule has 1 aliphatic rings. The fourth-order valence-corrected chi connectivity index (χ4v) is 2.15. The predicted molar refractivity (Wildman–Crippen MR) is 63.7 cm³/mol. The van der Waals surface area contributed by atoms with E-state index in [1.54, 1.807) is 12.4 Å². The third kappa shape index (κ3) is 2.62. The van der Waals surface area contributed by atoms with Gasteiger partial charge in [-0.2, -0.15) is 0 Å². The molecule has 0 aromatic carbocycles. The molecule has 1 fully saturated rings. The van der Waals surface area contributed by atoms with E-state index < -0.39 is 0 Å². The van der Waals surface area contributed by atoms with Crippen LogP contribution in [0.1, 0.15) is 19.8 Å². The fraction of sp³-hybridized carbons (Fsp3) is 0.636. The molecule has 1 aliphatic heterocycles. The molecule has 4 nitrogen and oxygen atoms in total. The summed E-state index contributed by atoms with van der Waals surface area (Å²) in [6, 6.07) is 0. The average Bonchev–Trinajstić information content (AvgIpc) is 2.30. The maximum absolute atomic E-state index is 9.50. The Hall–Kier alpha value is -0.870. The van der Waals surface area contributed by atoms with Crippen molar-refractivity contribution in [2.75, 3.05) is 18.0 Å². The number of anilines is 1. The van der Waals surface area contributed by atoms with Gasteiger partial charge in [-0.25, -0.2) is 9.97 Å². The van der Waals surface area contributed by atoms with Crippen LogP contribution in [0.5, 0.6) is 0 Å². The largest absolute Gasteiger partial charge is 0.393 e. The Morgan fingerprint density at radius 3 is 2.44 bits per heavy atom. The van der Waals surface area contributed by atoms with Crippen molar-refractivity contribution in [1.82, 2.24) is 9.97 Å². The molecule has 1 aromatic heterocycles. The van der Waals surface area contributed by atoms with Gasteiger partial charge in [0, 0.05) is 13.1 Å². The molecule has 0 bridgehead atoms. The molecule has 1 saturated heterocycles. The highest BCUT2D eigenvalue weighted by Gasteiger charge is 2.23. The molecule has 88 valence electrons. The summed E-state index contributed by atoms with van der Waals surface area (Å²) in [6.07, 6.45) is 5.00. The number of halogens is 1. The van der Waals surface area contributed by atoms with Gasteiger partial charge in [0.05, 0.1) is 23.5 Å². The number of piperidine rings is 1. The second-order valence-corrected chi connectivity index (χ2v) is 4.70. The third-order valence-corrected chi connectivity index (χ3v) is 3.31. The summed E-state index contributed by atoms with van der Waals surface area (Å²) in [5.41, 5.74) is 0. The lowest BCUT2D eigenvalue weighted by atomic mass is 9.92. The average molecular weight is 242 g/mol. The molecule has 0 amide bonds. The van der Waals surface area contributed by atoms with Crippen molar-refractivity contribution in [3.05, 3.63) is 17.4 Å². The first-order chi connectivity index (χ1) is 7.66. The van der Waals surface area contributed by atoms with Crippen molar-refractivity contribution in [3.8, 4) is 0 Å². The predicted octanol–water partition coefficient (Wildman–Crippen LogP) is 1.73. The molecule has 1 atom stereocenters. The molecule has 0 radical (unpaired) electrons. The zero-order valence-corrected chi connectivity index (χ0v) is 10.1. The Morgan fingerprint density at radius 1 is 1.38 bits per heavy atom. The van der Waals surface area contributed by atoms with Crippen LogP contribution in [-0.2, 0) is 0 Å². The molecular formula is C11H16ClN3O. The number of rotatable bonds is 2. The summed E-state index contributed by atoms with van der Waals surface area (Å²) >= 11 is 5.74. The van der Waals surface area contributed by atoms with Gasteiger partial charge in [-0.15, -0.1) is 0 Å². The molecule has 2 rings (SSSR count). The third-order valence-electron chi connectivity index (χ3n) is 3.11. The van der Waals surface area contributed by atoms with Gasteiger partial charge in [-0.1, -0.05) is 11.6 Å². The number of hydrogen-bond acceptors (Lipinski definition) is 4. The molecule has 0 saturated carbocycles. The first kappa shape index (κ1) is 11.6. The normalized spacial score (nSPS) is 19.8. The van der Waals surface area contributed by atoms with Crippen LogP contribution >= 0.6 is 11.6 Å². The van der Waals surface area contributed by atoms with Gasteiger partial charge >= 0.3 is 0 Å². The van der Waals surface area contributed by atoms with Crippen LogP contribution in [0.4, 0.5) is 5.95 Å². The first-order valence-electron chi connectivity index (χ1n) is 5.57. The first-order valence-corrected chi connectivity index (χ1v) is 5.95. The van der Waals surface area contributed by atoms with Gasteiger partial charge < -0.3 is 10.0 Å². The topological polar surface area (TPSA) is 49.2 Å². The van der Waals surface area contributed by atoms with E-state index in [-0.39, 0.29) is 6.10 Å². The Labute approximate surface area is 100 Å². The van der Waals surface area contributed by atoms with Gasteiger partial charge in [0.15, 0.2) is 0 Å². The summed E-state index contributed by atoms with van der Waals surface area (Å²) in [7, 11) is 0. The second kappa shape index (κ2) is 4.97. The number of nitrogens with zero attached hydrogens (tertiary/aromatic N) is 3. The minimum atomic E-state index is -0.215. The zero-order valence-electron chi connectivity index (χ0n) is 9.30. The highest BCUT2D eigenvalue weighted by molar-refractivity contribution is 6.30. The lowest BCUT2D eigenvalue weighted by molar-refractivity contribution is 0.109. The Bertz CT molecular complexity index is 334. The van der Waals surface area contributed by atoms with Crippen LogP contribution in [0.2, 0.25) is 5.02 Å². The lowest BCUT2D eigenvalue weighted by Gasteiger charge is -2.33. The van der Waals surface area contributed by atoms with Crippen molar-refractivity contribution >= 4 is 17.5 Å². The van der Waals surface area contributed by atoms with Crippen LogP contribution in [0.3, 0.4) is 0 Å². The minimum Gasteiger partial charge on any atom is -0.393 e. The van der Waals surface area contributed by atoms with Gasteiger partial charge in [0.2, 0.25) is 5.95 Å². The molecule has 5 heteroatoms. The molecule has 1 N–H and O–H groups in total. The highest BCUT2D eigenvalue weighted by atomic mass is 35.5. The standard InChI is InChI=1S/C11H16ClN3O/c1-8(16)9-2-4-15(5-3-9)11-13-6-10(12)7-14-11/h6-9,16H,2-5H2,1H3/t8-/m0/s1. The number of hydrogen-bond donors (Lipinski definition) is 1. The molecule has 2 heterocycles. The van der Waals surface area contributed by atoms with Crippen LogP contribution in [0, 0.1) is 5.92 Å². The van der Waals surface area contributed by atoms with Gasteiger partial charge in [-0.05, 0) is 25.7 Å². The van der Waals surface area contributed by atoms with E-state index in [2.05, 4.69) is 14.9 Å². The molecule has 16 heavy (non-hydrogen) atoms. The smallest absolute Gasteiger partial charge is 0.225 e. The quantitative estimate of drug-likeness (QED) is 0.857. The molecular weight excluding hydrogens is 226 g/mol. The van der Waals surface area contributed by atoms with Gasteiger partial charge in [-0.3, -0.25) is 0 Å². The van der Waals surface area contributed by atoms with Crippen molar-refractivity contribution in [1.29, 1.82) is 0 Å². The summed E-state index contributed by atoms with van der Waals surface area (Å²) in [4.78, 5) is 10.5. The van der Waals surface area contributed by atoms with E-state index in [9.17, 15) is 5.11 Å². The molecule has 0 spiro atoms. The molecule has 0 unspecified atom stereocenters. The maximum Gasteiger partial charge on any atom is 0.225 e. The second-order valence-electron chi connectivity index (χ2n) is 4.27. The van der Waals surface area contributed by atoms with Crippen LogP contribution in [0.25, 0.3) is 0 Å². The van der Waals surface area contributed by atoms with Crippen LogP contribution < -0.4 is 4.90 Å². The SMILES string of the molecule is C[C@H](O)C1CCN(c2ncc(Cl)cn2)CC1. The maximum atomic E-state index is 9.50. The summed E-state index contributed by atoms with van der Waals surface area (Å²) in [5.74, 6) is 1.14. The van der Waals surface area contributed by atoms with Crippen LogP contribution in [0.15, 0.2) is 12.4 Å². The van der Waals surface area contributed by atoms with E-state index in [1.165, 1.54) is 0 Å². The fourth-order valence-electron chi connectivity index (χ4n) is 2.05. The Balaban J connectivity index is 1.96. The number of aromatic nitrogens is 2. The lowest BCUT2D eigenvalue weighted by Crippen LogP contribution is -2.37. The summed E-state index contributed by atoms with van der Waals surface area (Å²) in [5, 5.41) is 10.1. The minimum absolute atomic E-state index is 0.215. The van der Waals surface area contributed by atoms with E-state index in [1.807, 2.05) is 6.92 Å². The van der Waals surface area contributed by atoms with Crippen molar-refractivity contribution in [2.45, 2.75) is 25.9 Å². The van der Waals surface area contributed by atoms with E-state index >= 15 is 0 Å². The van der Waals surface area contributed by atoms with E-state index in [4.69, 9.17) is 11.6 Å². The summed E-state index contributed by atoms with van der Waals surface area (Å²) in [6.45, 7) is 3.66. The monoisotopic (exact) mass is 241 g/mol. The van der Waals surface area contributed by atoms with E-state index in [0.29, 0.717) is 10.9 Å². The zero-order chi connectivity index (χ0) is 11.5. The molecule has 1 aromatic rings. The highest BCUT2D eigenvalue weighted by Crippen LogP contribution is 2.23. The Morgan fingerprint density at radius 2 is 1.94 bits per heavy atom. The number of aliphatic hydroxyl groups is 1. The van der Waals surface area contributed by atoms with Crippen LogP contribution in [-0.4, -0.2) is 34.3 Å².